The predicted molar refractivity (Wildman–Crippen MR) is 121 cm³/mol. The van der Waals surface area contributed by atoms with Crippen LogP contribution in [0.25, 0.3) is 0 Å². The van der Waals surface area contributed by atoms with Crippen molar-refractivity contribution in [1.29, 1.82) is 0 Å². The highest BCUT2D eigenvalue weighted by molar-refractivity contribution is 7.99. The predicted octanol–water partition coefficient (Wildman–Crippen LogP) is 4.62. The molecule has 1 aliphatic carbocycles. The van der Waals surface area contributed by atoms with E-state index in [-0.39, 0.29) is 0 Å². The van der Waals surface area contributed by atoms with Crippen molar-refractivity contribution >= 4 is 17.6 Å². The van der Waals surface area contributed by atoms with Gasteiger partial charge in [-0.25, -0.2) is 9.97 Å². The Morgan fingerprint density at radius 3 is 2.47 bits per heavy atom. The average molecular weight is 425 g/mol. The third-order valence-electron chi connectivity index (χ3n) is 7.06. The van der Waals surface area contributed by atoms with Gasteiger partial charge >= 0.3 is 0 Å². The first-order valence-corrected chi connectivity index (χ1v) is 12.2. The molecule has 6 heteroatoms. The number of nitrogens with zero attached hydrogens (tertiary/aromatic N) is 4. The van der Waals surface area contributed by atoms with Crippen molar-refractivity contribution in [3.05, 3.63) is 42.2 Å². The number of hydrogen-bond donors (Lipinski definition) is 0. The van der Waals surface area contributed by atoms with E-state index < -0.39 is 0 Å². The van der Waals surface area contributed by atoms with E-state index in [1.165, 1.54) is 49.0 Å². The van der Waals surface area contributed by atoms with E-state index in [9.17, 15) is 0 Å². The molecular formula is C24H32N4OS. The molecule has 1 aromatic heterocycles. The van der Waals surface area contributed by atoms with Crippen LogP contribution in [0.3, 0.4) is 0 Å². The molecule has 2 saturated heterocycles. The second-order valence-electron chi connectivity index (χ2n) is 9.04. The molecule has 0 amide bonds. The number of hydrogen-bond acceptors (Lipinski definition) is 6. The van der Waals surface area contributed by atoms with E-state index in [4.69, 9.17) is 14.7 Å². The number of anilines is 1. The fourth-order valence-corrected chi connectivity index (χ4v) is 6.02. The van der Waals surface area contributed by atoms with Crippen molar-refractivity contribution < 1.29 is 4.74 Å². The summed E-state index contributed by atoms with van der Waals surface area (Å²) in [6, 6.07) is 8.80. The third-order valence-corrected chi connectivity index (χ3v) is 7.97. The fourth-order valence-electron chi connectivity index (χ4n) is 5.21. The highest BCUT2D eigenvalue weighted by atomic mass is 32.2. The summed E-state index contributed by atoms with van der Waals surface area (Å²) in [4.78, 5) is 15.6. The maximum absolute atomic E-state index is 5.45. The molecular weight excluding hydrogens is 392 g/mol. The van der Waals surface area contributed by atoms with Gasteiger partial charge in [0.25, 0.3) is 0 Å². The molecule has 5 nitrogen and oxygen atoms in total. The Bertz CT molecular complexity index is 821. The molecule has 160 valence electrons. The van der Waals surface area contributed by atoms with E-state index >= 15 is 0 Å². The quantitative estimate of drug-likeness (QED) is 0.698. The molecule has 5 rings (SSSR count). The van der Waals surface area contributed by atoms with Crippen molar-refractivity contribution in [3.63, 3.8) is 0 Å². The Balaban J connectivity index is 1.18. The first-order chi connectivity index (χ1) is 14.8. The van der Waals surface area contributed by atoms with Crippen LogP contribution in [0.1, 0.15) is 44.1 Å². The van der Waals surface area contributed by atoms with Gasteiger partial charge in [0.05, 0.1) is 25.6 Å². The molecule has 1 aromatic carbocycles. The van der Waals surface area contributed by atoms with Gasteiger partial charge in [0.2, 0.25) is 0 Å². The summed E-state index contributed by atoms with van der Waals surface area (Å²) in [6.07, 6.45) is 12.3. The van der Waals surface area contributed by atoms with E-state index in [0.717, 1.165) is 56.8 Å². The Hall–Kier alpha value is -1.63. The zero-order valence-corrected chi connectivity index (χ0v) is 18.6. The van der Waals surface area contributed by atoms with Crippen LogP contribution >= 0.6 is 11.8 Å². The van der Waals surface area contributed by atoms with Gasteiger partial charge in [0.1, 0.15) is 10.8 Å². The maximum Gasteiger partial charge on any atom is 0.147 e. The Labute approximate surface area is 184 Å². The zero-order valence-electron chi connectivity index (χ0n) is 17.8. The first kappa shape index (κ1) is 20.3. The molecule has 0 bridgehead atoms. The molecule has 0 unspecified atom stereocenters. The van der Waals surface area contributed by atoms with E-state index in [1.807, 2.05) is 12.4 Å². The molecule has 30 heavy (non-hydrogen) atoms. The zero-order chi connectivity index (χ0) is 20.2. The smallest absolute Gasteiger partial charge is 0.147 e. The minimum Gasteiger partial charge on any atom is -0.379 e. The van der Waals surface area contributed by atoms with Gasteiger partial charge in [-0.3, -0.25) is 4.90 Å². The molecule has 3 fully saturated rings. The van der Waals surface area contributed by atoms with Crippen LogP contribution in [0.4, 0.5) is 5.82 Å². The number of piperidine rings is 1. The number of ether oxygens (including phenoxy) is 1. The molecule has 2 aromatic rings. The number of benzene rings is 1. The summed E-state index contributed by atoms with van der Waals surface area (Å²) >= 11 is 1.70. The summed E-state index contributed by atoms with van der Waals surface area (Å²) in [5.74, 6) is 1.04. The topological polar surface area (TPSA) is 41.5 Å². The molecule has 0 radical (unpaired) electrons. The van der Waals surface area contributed by atoms with Gasteiger partial charge in [-0.2, -0.15) is 0 Å². The van der Waals surface area contributed by atoms with Crippen molar-refractivity contribution in [2.75, 3.05) is 44.3 Å². The van der Waals surface area contributed by atoms with Gasteiger partial charge in [-0.05, 0) is 48.8 Å². The van der Waals surface area contributed by atoms with Crippen LogP contribution < -0.4 is 4.90 Å². The largest absolute Gasteiger partial charge is 0.379 e. The van der Waals surface area contributed by atoms with Crippen LogP contribution in [0.5, 0.6) is 0 Å². The van der Waals surface area contributed by atoms with Crippen LogP contribution in [0, 0.1) is 5.41 Å². The second-order valence-corrected chi connectivity index (χ2v) is 10.1. The molecule has 0 atom stereocenters. The summed E-state index contributed by atoms with van der Waals surface area (Å²) in [7, 11) is 0. The summed E-state index contributed by atoms with van der Waals surface area (Å²) in [5, 5.41) is 0.964. The monoisotopic (exact) mass is 424 g/mol. The summed E-state index contributed by atoms with van der Waals surface area (Å²) < 4.78 is 5.45. The maximum atomic E-state index is 5.45. The fraction of sp³-hybridized carbons (Fsp3) is 0.583. The molecule has 3 aliphatic rings. The summed E-state index contributed by atoms with van der Waals surface area (Å²) in [5.41, 5.74) is 1.99. The van der Waals surface area contributed by atoms with Crippen LogP contribution in [0.2, 0.25) is 0 Å². The molecule has 1 saturated carbocycles. The molecule has 0 N–H and O–H groups in total. The van der Waals surface area contributed by atoms with E-state index in [1.54, 1.807) is 11.8 Å². The Morgan fingerprint density at radius 2 is 1.73 bits per heavy atom. The Kier molecular flexibility index (Phi) is 6.25. The normalized spacial score (nSPS) is 21.9. The van der Waals surface area contributed by atoms with Gasteiger partial charge in [-0.15, -0.1) is 0 Å². The lowest BCUT2D eigenvalue weighted by atomic mass is 9.77. The highest BCUT2D eigenvalue weighted by Crippen LogP contribution is 2.46. The van der Waals surface area contributed by atoms with Gasteiger partial charge in [0, 0.05) is 37.6 Å². The summed E-state index contributed by atoms with van der Waals surface area (Å²) in [6.45, 7) is 6.96. The second kappa shape index (κ2) is 9.25. The van der Waals surface area contributed by atoms with Crippen LogP contribution in [-0.4, -0.2) is 54.3 Å². The number of rotatable bonds is 5. The lowest BCUT2D eigenvalue weighted by Gasteiger charge is -2.39. The van der Waals surface area contributed by atoms with Gasteiger partial charge in [-0.1, -0.05) is 36.7 Å². The first-order valence-electron chi connectivity index (χ1n) is 11.4. The van der Waals surface area contributed by atoms with Crippen molar-refractivity contribution in [2.45, 2.75) is 55.0 Å². The van der Waals surface area contributed by atoms with Crippen LogP contribution in [0.15, 0.2) is 46.6 Å². The minimum absolute atomic E-state index is 0.645. The van der Waals surface area contributed by atoms with E-state index in [2.05, 4.69) is 34.1 Å². The van der Waals surface area contributed by atoms with Crippen molar-refractivity contribution in [1.82, 2.24) is 14.9 Å². The SMILES string of the molecule is c1cc(CN2CCOCC2)cc(Sc2cnc(N3CCC4(CCCC4)CC3)cn2)c1. The highest BCUT2D eigenvalue weighted by Gasteiger charge is 2.37. The van der Waals surface area contributed by atoms with Gasteiger partial charge in [0.15, 0.2) is 0 Å². The van der Waals surface area contributed by atoms with Gasteiger partial charge < -0.3 is 9.64 Å². The average Bonchev–Trinajstić information content (AvgIpc) is 3.24. The lowest BCUT2D eigenvalue weighted by molar-refractivity contribution is 0.0341. The van der Waals surface area contributed by atoms with Crippen molar-refractivity contribution in [3.8, 4) is 0 Å². The molecule has 1 spiro atoms. The lowest BCUT2D eigenvalue weighted by Crippen LogP contribution is -2.39. The standard InChI is InChI=1S/C24H32N4OS/c1-2-7-24(6-1)8-10-28(11-9-24)22-17-26-23(18-25-22)30-21-5-3-4-20(16-21)19-27-12-14-29-15-13-27/h3-5,16-18H,1-2,6-15,19H2. The number of morpholine rings is 1. The minimum atomic E-state index is 0.645. The van der Waals surface area contributed by atoms with Crippen molar-refractivity contribution in [2.24, 2.45) is 5.41 Å². The molecule has 2 aliphatic heterocycles. The number of aromatic nitrogens is 2. The third kappa shape index (κ3) is 4.82. The molecule has 3 heterocycles. The Morgan fingerprint density at radius 1 is 0.933 bits per heavy atom. The van der Waals surface area contributed by atoms with E-state index in [0.29, 0.717) is 5.41 Å². The van der Waals surface area contributed by atoms with Crippen LogP contribution in [-0.2, 0) is 11.3 Å².